The van der Waals surface area contributed by atoms with E-state index in [0.29, 0.717) is 12.2 Å². The van der Waals surface area contributed by atoms with Crippen LogP contribution in [-0.2, 0) is 20.9 Å². The summed E-state index contributed by atoms with van der Waals surface area (Å²) in [7, 11) is 0. The maximum Gasteiger partial charge on any atom is 0.326 e. The van der Waals surface area contributed by atoms with E-state index in [1.165, 1.54) is 4.57 Å². The number of amides is 1. The van der Waals surface area contributed by atoms with Gasteiger partial charge in [0.15, 0.2) is 6.61 Å². The fourth-order valence-corrected chi connectivity index (χ4v) is 2.87. The van der Waals surface area contributed by atoms with Gasteiger partial charge in [-0.15, -0.1) is 0 Å². The van der Waals surface area contributed by atoms with Gasteiger partial charge in [-0.05, 0) is 18.4 Å². The van der Waals surface area contributed by atoms with E-state index in [4.69, 9.17) is 4.74 Å². The lowest BCUT2D eigenvalue weighted by molar-refractivity contribution is -0.149. The van der Waals surface area contributed by atoms with Crippen molar-refractivity contribution in [3.8, 4) is 0 Å². The maximum atomic E-state index is 11.8. The second-order valence-corrected chi connectivity index (χ2v) is 6.33. The molecule has 0 aliphatic carbocycles. The molecule has 1 heterocycles. The SMILES string of the molecule is Cc1csc(=O)n1CC(=O)OCC(=O)NC[C@H](C)c1ccccc1. The zero-order valence-corrected chi connectivity index (χ0v) is 14.5. The van der Waals surface area contributed by atoms with Gasteiger partial charge < -0.3 is 10.1 Å². The number of thiazole rings is 1. The third-order valence-electron chi connectivity index (χ3n) is 3.60. The standard InChI is InChI=1S/C17H20N2O4S/c1-12(14-6-4-3-5-7-14)8-18-15(20)10-23-16(21)9-19-13(2)11-24-17(19)22/h3-7,11-12H,8-10H2,1-2H3,(H,18,20)/t12-/m0/s1. The number of nitrogens with one attached hydrogen (secondary N) is 1. The van der Waals surface area contributed by atoms with Crippen LogP contribution in [0, 0.1) is 6.92 Å². The monoisotopic (exact) mass is 348 g/mol. The largest absolute Gasteiger partial charge is 0.454 e. The predicted octanol–water partition coefficient (Wildman–Crippen LogP) is 1.68. The number of ether oxygens (including phenoxy) is 1. The summed E-state index contributed by atoms with van der Waals surface area (Å²) < 4.78 is 6.24. The Balaban J connectivity index is 1.73. The summed E-state index contributed by atoms with van der Waals surface area (Å²) in [6.07, 6.45) is 0. The first-order valence-electron chi connectivity index (χ1n) is 7.59. The van der Waals surface area contributed by atoms with Crippen molar-refractivity contribution < 1.29 is 14.3 Å². The second kappa shape index (κ2) is 8.44. The van der Waals surface area contributed by atoms with Crippen molar-refractivity contribution in [1.82, 2.24) is 9.88 Å². The first-order valence-corrected chi connectivity index (χ1v) is 8.47. The third kappa shape index (κ3) is 5.06. The van der Waals surface area contributed by atoms with Crippen LogP contribution in [0.4, 0.5) is 0 Å². The first kappa shape index (κ1) is 17.9. The van der Waals surface area contributed by atoms with E-state index in [-0.39, 0.29) is 29.8 Å². The van der Waals surface area contributed by atoms with Crippen LogP contribution in [0.1, 0.15) is 24.1 Å². The van der Waals surface area contributed by atoms with Gasteiger partial charge >= 0.3 is 10.8 Å². The van der Waals surface area contributed by atoms with Gasteiger partial charge in [-0.1, -0.05) is 48.6 Å². The van der Waals surface area contributed by atoms with Crippen molar-refractivity contribution >= 4 is 23.2 Å². The molecule has 1 N–H and O–H groups in total. The number of benzene rings is 1. The minimum Gasteiger partial charge on any atom is -0.454 e. The van der Waals surface area contributed by atoms with E-state index in [0.717, 1.165) is 16.9 Å². The quantitative estimate of drug-likeness (QED) is 0.773. The summed E-state index contributed by atoms with van der Waals surface area (Å²) in [5.74, 6) is -0.803. The minimum atomic E-state index is -0.607. The molecule has 0 saturated heterocycles. The van der Waals surface area contributed by atoms with Gasteiger partial charge in [-0.25, -0.2) is 0 Å². The van der Waals surface area contributed by atoms with Crippen molar-refractivity contribution in [2.24, 2.45) is 0 Å². The van der Waals surface area contributed by atoms with E-state index in [9.17, 15) is 14.4 Å². The van der Waals surface area contributed by atoms with E-state index in [1.807, 2.05) is 37.3 Å². The Morgan fingerprint density at radius 3 is 2.62 bits per heavy atom. The van der Waals surface area contributed by atoms with Crippen molar-refractivity contribution in [2.45, 2.75) is 26.3 Å². The molecule has 0 aliphatic rings. The number of hydrogen-bond acceptors (Lipinski definition) is 5. The van der Waals surface area contributed by atoms with Crippen LogP contribution in [0.3, 0.4) is 0 Å². The molecule has 7 heteroatoms. The van der Waals surface area contributed by atoms with E-state index in [2.05, 4.69) is 5.32 Å². The Bertz CT molecular complexity index is 751. The highest BCUT2D eigenvalue weighted by Crippen LogP contribution is 2.12. The fourth-order valence-electron chi connectivity index (χ4n) is 2.13. The molecular formula is C17H20N2O4S. The lowest BCUT2D eigenvalue weighted by Gasteiger charge is -2.13. The highest BCUT2D eigenvalue weighted by atomic mass is 32.1. The van der Waals surface area contributed by atoms with Crippen molar-refractivity contribution in [3.05, 3.63) is 56.6 Å². The number of aryl methyl sites for hydroxylation is 1. The zero-order valence-electron chi connectivity index (χ0n) is 13.7. The lowest BCUT2D eigenvalue weighted by Crippen LogP contribution is -2.32. The molecule has 6 nitrogen and oxygen atoms in total. The smallest absolute Gasteiger partial charge is 0.326 e. The Hall–Kier alpha value is -2.41. The number of aromatic nitrogens is 1. The number of rotatable bonds is 7. The molecule has 0 fully saturated rings. The van der Waals surface area contributed by atoms with Crippen LogP contribution < -0.4 is 10.2 Å². The summed E-state index contributed by atoms with van der Waals surface area (Å²) in [5, 5.41) is 4.41. The highest BCUT2D eigenvalue weighted by Gasteiger charge is 2.12. The Labute approximate surface area is 144 Å². The van der Waals surface area contributed by atoms with Crippen LogP contribution in [-0.4, -0.2) is 29.6 Å². The number of hydrogen-bond donors (Lipinski definition) is 1. The number of nitrogens with zero attached hydrogens (tertiary/aromatic N) is 1. The van der Waals surface area contributed by atoms with Crippen LogP contribution in [0.5, 0.6) is 0 Å². The molecule has 1 aromatic carbocycles. The van der Waals surface area contributed by atoms with E-state index < -0.39 is 5.97 Å². The average molecular weight is 348 g/mol. The van der Waals surface area contributed by atoms with E-state index in [1.54, 1.807) is 12.3 Å². The molecule has 1 aromatic heterocycles. The number of esters is 1. The van der Waals surface area contributed by atoms with Crippen molar-refractivity contribution in [3.63, 3.8) is 0 Å². The summed E-state index contributed by atoms with van der Waals surface area (Å²) in [6.45, 7) is 3.68. The van der Waals surface area contributed by atoms with Gasteiger partial charge in [0.2, 0.25) is 0 Å². The molecule has 2 aromatic rings. The fraction of sp³-hybridized carbons (Fsp3) is 0.353. The first-order chi connectivity index (χ1) is 11.5. The Kier molecular flexibility index (Phi) is 6.31. The topological polar surface area (TPSA) is 77.4 Å². The Morgan fingerprint density at radius 2 is 2.00 bits per heavy atom. The maximum absolute atomic E-state index is 11.8. The molecule has 0 bridgehead atoms. The van der Waals surface area contributed by atoms with Crippen LogP contribution in [0.15, 0.2) is 40.5 Å². The lowest BCUT2D eigenvalue weighted by atomic mass is 10.0. The molecule has 0 aliphatic heterocycles. The number of carbonyl (C=O) groups excluding carboxylic acids is 2. The summed E-state index contributed by atoms with van der Waals surface area (Å²) in [6, 6.07) is 9.83. The van der Waals surface area contributed by atoms with E-state index >= 15 is 0 Å². The van der Waals surface area contributed by atoms with Crippen LogP contribution in [0.2, 0.25) is 0 Å². The minimum absolute atomic E-state index is 0.165. The Morgan fingerprint density at radius 1 is 1.29 bits per heavy atom. The zero-order chi connectivity index (χ0) is 17.5. The van der Waals surface area contributed by atoms with Gasteiger partial charge in [0.05, 0.1) is 0 Å². The summed E-state index contributed by atoms with van der Waals surface area (Å²) in [4.78, 5) is 34.8. The molecule has 24 heavy (non-hydrogen) atoms. The summed E-state index contributed by atoms with van der Waals surface area (Å²) >= 11 is 1.03. The predicted molar refractivity (Wildman–Crippen MR) is 92.1 cm³/mol. The van der Waals surface area contributed by atoms with Crippen molar-refractivity contribution in [1.29, 1.82) is 0 Å². The van der Waals surface area contributed by atoms with Gasteiger partial charge in [0.1, 0.15) is 6.54 Å². The van der Waals surface area contributed by atoms with Gasteiger partial charge in [0, 0.05) is 17.6 Å². The van der Waals surface area contributed by atoms with Gasteiger partial charge in [-0.3, -0.25) is 19.0 Å². The highest BCUT2D eigenvalue weighted by molar-refractivity contribution is 7.07. The molecular weight excluding hydrogens is 328 g/mol. The van der Waals surface area contributed by atoms with Gasteiger partial charge in [0.25, 0.3) is 5.91 Å². The second-order valence-electron chi connectivity index (χ2n) is 5.51. The molecule has 128 valence electrons. The summed E-state index contributed by atoms with van der Waals surface area (Å²) in [5.41, 5.74) is 1.82. The molecule has 0 saturated carbocycles. The molecule has 0 unspecified atom stereocenters. The molecule has 1 atom stereocenters. The third-order valence-corrected chi connectivity index (χ3v) is 4.48. The van der Waals surface area contributed by atoms with Gasteiger partial charge in [-0.2, -0.15) is 0 Å². The normalized spacial score (nSPS) is 11.8. The van der Waals surface area contributed by atoms with Crippen LogP contribution >= 0.6 is 11.3 Å². The molecule has 0 spiro atoms. The molecule has 0 radical (unpaired) electrons. The van der Waals surface area contributed by atoms with Crippen molar-refractivity contribution in [2.75, 3.05) is 13.2 Å². The number of carbonyl (C=O) groups is 2. The molecule has 2 rings (SSSR count). The molecule has 1 amide bonds. The average Bonchev–Trinajstić information content (AvgIpc) is 2.90. The van der Waals surface area contributed by atoms with Crippen LogP contribution in [0.25, 0.3) is 0 Å².